The molecule has 0 aliphatic heterocycles. The number of aromatic nitrogens is 3. The van der Waals surface area contributed by atoms with Crippen molar-refractivity contribution in [1.29, 1.82) is 0 Å². The lowest BCUT2D eigenvalue weighted by molar-refractivity contribution is 0.102. The zero-order valence-electron chi connectivity index (χ0n) is 14.5. The largest absolute Gasteiger partial charge is 0.496 e. The number of carbonyl (C=O) groups excluding carboxylic acids is 1. The molecule has 7 nitrogen and oxygen atoms in total. The van der Waals surface area contributed by atoms with E-state index in [1.54, 1.807) is 24.8 Å². The van der Waals surface area contributed by atoms with Crippen LogP contribution in [0.25, 0.3) is 0 Å². The van der Waals surface area contributed by atoms with E-state index in [0.717, 1.165) is 30.1 Å². The van der Waals surface area contributed by atoms with Gasteiger partial charge in [-0.1, -0.05) is 23.5 Å². The molecule has 8 heteroatoms. The minimum Gasteiger partial charge on any atom is -0.496 e. The van der Waals surface area contributed by atoms with E-state index in [-0.39, 0.29) is 5.91 Å². The maximum absolute atomic E-state index is 12.1. The van der Waals surface area contributed by atoms with Gasteiger partial charge in [0.05, 0.1) is 12.7 Å². The average Bonchev–Trinajstić information content (AvgIpc) is 3.16. The molecule has 26 heavy (non-hydrogen) atoms. The highest BCUT2D eigenvalue weighted by molar-refractivity contribution is 7.13. The highest BCUT2D eigenvalue weighted by Crippen LogP contribution is 2.19. The number of ether oxygens (including phenoxy) is 1. The number of anilines is 2. The normalized spacial score (nSPS) is 10.4. The van der Waals surface area contributed by atoms with Crippen LogP contribution in [-0.2, 0) is 6.42 Å². The number of pyridine rings is 1. The van der Waals surface area contributed by atoms with Gasteiger partial charge in [0.25, 0.3) is 5.91 Å². The molecule has 0 spiro atoms. The van der Waals surface area contributed by atoms with Gasteiger partial charge in [0.2, 0.25) is 5.13 Å². The monoisotopic (exact) mass is 369 g/mol. The van der Waals surface area contributed by atoms with Crippen LogP contribution < -0.4 is 15.4 Å². The molecule has 2 heterocycles. The fourth-order valence-electron chi connectivity index (χ4n) is 2.38. The molecule has 0 aliphatic rings. The van der Waals surface area contributed by atoms with Crippen LogP contribution in [0.3, 0.4) is 0 Å². The Morgan fingerprint density at radius 2 is 2.15 bits per heavy atom. The Hall–Kier alpha value is -3.00. The van der Waals surface area contributed by atoms with Crippen LogP contribution in [0.4, 0.5) is 10.9 Å². The molecule has 0 saturated heterocycles. The fraction of sp³-hybridized carbons (Fsp3) is 0.222. The lowest BCUT2D eigenvalue weighted by Gasteiger charge is -2.09. The SMILES string of the molecule is COc1cc(CCNc2ccc(C(=O)Nc3nncs3)cn2)ccc1C. The molecule has 0 fully saturated rings. The predicted molar refractivity (Wildman–Crippen MR) is 102 cm³/mol. The number of methoxy groups -OCH3 is 1. The maximum Gasteiger partial charge on any atom is 0.259 e. The molecule has 2 aromatic heterocycles. The Labute approximate surface area is 155 Å². The third kappa shape index (κ3) is 4.54. The van der Waals surface area contributed by atoms with Gasteiger partial charge in [0, 0.05) is 12.7 Å². The second-order valence-corrected chi connectivity index (χ2v) is 6.44. The maximum atomic E-state index is 12.1. The Balaban J connectivity index is 1.52. The lowest BCUT2D eigenvalue weighted by atomic mass is 10.1. The summed E-state index contributed by atoms with van der Waals surface area (Å²) in [6.45, 7) is 2.75. The fourth-order valence-corrected chi connectivity index (χ4v) is 2.82. The van der Waals surface area contributed by atoms with Gasteiger partial charge in [0.15, 0.2) is 0 Å². The number of nitrogens with zero attached hydrogens (tertiary/aromatic N) is 3. The molecule has 1 amide bonds. The molecule has 0 aliphatic carbocycles. The summed E-state index contributed by atoms with van der Waals surface area (Å²) in [5.74, 6) is 1.36. The van der Waals surface area contributed by atoms with E-state index in [1.807, 2.05) is 13.0 Å². The average molecular weight is 369 g/mol. The number of benzene rings is 1. The number of carbonyl (C=O) groups is 1. The molecule has 0 saturated carbocycles. The van der Waals surface area contributed by atoms with Crippen LogP contribution >= 0.6 is 11.3 Å². The van der Waals surface area contributed by atoms with Gasteiger partial charge < -0.3 is 10.1 Å². The predicted octanol–water partition coefficient (Wildman–Crippen LogP) is 3.16. The van der Waals surface area contributed by atoms with E-state index in [4.69, 9.17) is 4.74 Å². The minimum absolute atomic E-state index is 0.257. The topological polar surface area (TPSA) is 89.0 Å². The second-order valence-electron chi connectivity index (χ2n) is 5.61. The third-order valence-electron chi connectivity index (χ3n) is 3.80. The van der Waals surface area contributed by atoms with E-state index in [2.05, 4.69) is 37.9 Å². The molecule has 0 unspecified atom stereocenters. The standard InChI is InChI=1S/C18H19N5O2S/c1-12-3-4-13(9-15(12)25-2)7-8-19-16-6-5-14(10-20-16)17(24)22-18-23-21-11-26-18/h3-6,9-11H,7-8H2,1-2H3,(H,19,20)(H,22,23,24). The first kappa shape index (κ1) is 17.8. The summed E-state index contributed by atoms with van der Waals surface area (Å²) >= 11 is 1.27. The Morgan fingerprint density at radius 1 is 1.27 bits per heavy atom. The second kappa shape index (κ2) is 8.39. The quantitative estimate of drug-likeness (QED) is 0.665. The van der Waals surface area contributed by atoms with Crippen molar-refractivity contribution in [1.82, 2.24) is 15.2 Å². The molecule has 3 aromatic rings. The summed E-state index contributed by atoms with van der Waals surface area (Å²) < 4.78 is 5.34. The van der Waals surface area contributed by atoms with Crippen molar-refractivity contribution in [3.8, 4) is 5.75 Å². The number of nitrogens with one attached hydrogen (secondary N) is 2. The first-order valence-corrected chi connectivity index (χ1v) is 8.94. The van der Waals surface area contributed by atoms with Gasteiger partial charge in [-0.15, -0.1) is 10.2 Å². The molecular weight excluding hydrogens is 350 g/mol. The van der Waals surface area contributed by atoms with E-state index in [0.29, 0.717) is 10.7 Å². The van der Waals surface area contributed by atoms with Crippen LogP contribution in [0.15, 0.2) is 42.0 Å². The summed E-state index contributed by atoms with van der Waals surface area (Å²) in [5.41, 5.74) is 4.33. The number of amides is 1. The van der Waals surface area contributed by atoms with Crippen molar-refractivity contribution in [2.24, 2.45) is 0 Å². The molecule has 134 valence electrons. The van der Waals surface area contributed by atoms with Crippen molar-refractivity contribution < 1.29 is 9.53 Å². The number of aryl methyl sites for hydroxylation is 1. The molecule has 1 aromatic carbocycles. The van der Waals surface area contributed by atoms with Crippen LogP contribution in [-0.4, -0.2) is 34.7 Å². The van der Waals surface area contributed by atoms with Crippen LogP contribution in [0.5, 0.6) is 5.75 Å². The van der Waals surface area contributed by atoms with Crippen molar-refractivity contribution in [2.75, 3.05) is 24.3 Å². The summed E-state index contributed by atoms with van der Waals surface area (Å²) in [7, 11) is 1.68. The van der Waals surface area contributed by atoms with E-state index >= 15 is 0 Å². The highest BCUT2D eigenvalue weighted by Gasteiger charge is 2.08. The third-order valence-corrected chi connectivity index (χ3v) is 4.41. The zero-order valence-corrected chi connectivity index (χ0v) is 15.3. The van der Waals surface area contributed by atoms with E-state index in [9.17, 15) is 4.79 Å². The Kier molecular flexibility index (Phi) is 5.75. The Bertz CT molecular complexity index is 866. The van der Waals surface area contributed by atoms with Gasteiger partial charge in [-0.05, 0) is 42.7 Å². The highest BCUT2D eigenvalue weighted by atomic mass is 32.1. The van der Waals surface area contributed by atoms with Crippen LogP contribution in [0.1, 0.15) is 21.5 Å². The summed E-state index contributed by atoms with van der Waals surface area (Å²) in [5, 5.41) is 13.8. The molecular formula is C18H19N5O2S. The van der Waals surface area contributed by atoms with Gasteiger partial charge in [-0.3, -0.25) is 10.1 Å². The molecule has 0 atom stereocenters. The number of hydrogen-bond donors (Lipinski definition) is 2. The molecule has 0 bridgehead atoms. The zero-order chi connectivity index (χ0) is 18.4. The number of rotatable bonds is 7. The van der Waals surface area contributed by atoms with Crippen molar-refractivity contribution in [2.45, 2.75) is 13.3 Å². The van der Waals surface area contributed by atoms with Crippen molar-refractivity contribution in [3.05, 3.63) is 58.7 Å². The molecule has 0 radical (unpaired) electrons. The lowest BCUT2D eigenvalue weighted by Crippen LogP contribution is -2.13. The summed E-state index contributed by atoms with van der Waals surface area (Å²) in [6.07, 6.45) is 2.38. The van der Waals surface area contributed by atoms with Gasteiger partial charge >= 0.3 is 0 Å². The minimum atomic E-state index is -0.257. The first-order chi connectivity index (χ1) is 12.7. The van der Waals surface area contributed by atoms with Gasteiger partial charge in [-0.25, -0.2) is 4.98 Å². The van der Waals surface area contributed by atoms with Gasteiger partial charge in [-0.2, -0.15) is 0 Å². The Morgan fingerprint density at radius 3 is 2.85 bits per heavy atom. The summed E-state index contributed by atoms with van der Waals surface area (Å²) in [4.78, 5) is 16.3. The molecule has 2 N–H and O–H groups in total. The number of hydrogen-bond acceptors (Lipinski definition) is 7. The first-order valence-electron chi connectivity index (χ1n) is 8.06. The van der Waals surface area contributed by atoms with E-state index < -0.39 is 0 Å². The van der Waals surface area contributed by atoms with Crippen molar-refractivity contribution >= 4 is 28.2 Å². The van der Waals surface area contributed by atoms with E-state index in [1.165, 1.54) is 23.1 Å². The summed E-state index contributed by atoms with van der Waals surface area (Å²) in [6, 6.07) is 9.70. The van der Waals surface area contributed by atoms with Crippen LogP contribution in [0.2, 0.25) is 0 Å². The van der Waals surface area contributed by atoms with Crippen molar-refractivity contribution in [3.63, 3.8) is 0 Å². The van der Waals surface area contributed by atoms with Gasteiger partial charge in [0.1, 0.15) is 17.1 Å². The van der Waals surface area contributed by atoms with Crippen LogP contribution in [0, 0.1) is 6.92 Å². The molecule has 3 rings (SSSR count). The smallest absolute Gasteiger partial charge is 0.259 e.